The summed E-state index contributed by atoms with van der Waals surface area (Å²) in [7, 11) is 0. The molecule has 3 heteroatoms. The Morgan fingerprint density at radius 2 is 1.13 bits per heavy atom. The monoisotopic (exact) mass is 617 g/mol. The largest absolute Gasteiger partial charge is 0.456 e. The molecule has 10 rings (SSSR count). The van der Waals surface area contributed by atoms with Crippen LogP contribution in [0.25, 0.3) is 74.8 Å². The molecule has 10 aromatic rings. The van der Waals surface area contributed by atoms with Gasteiger partial charge in [0.1, 0.15) is 11.2 Å². The van der Waals surface area contributed by atoms with Crippen LogP contribution in [0, 0.1) is 0 Å². The number of hydrogen-bond acceptors (Lipinski definition) is 3. The van der Waals surface area contributed by atoms with E-state index in [-0.39, 0.29) is 0 Å². The molecule has 0 spiro atoms. The van der Waals surface area contributed by atoms with Gasteiger partial charge in [-0.3, -0.25) is 0 Å². The van der Waals surface area contributed by atoms with Crippen molar-refractivity contribution in [1.29, 1.82) is 0 Å². The number of furan rings is 1. The fourth-order valence-electron chi connectivity index (χ4n) is 7.27. The number of para-hydroxylation sites is 1. The highest BCUT2D eigenvalue weighted by atomic mass is 32.1. The summed E-state index contributed by atoms with van der Waals surface area (Å²) in [5.74, 6) is 0. The first-order chi connectivity index (χ1) is 23.3. The summed E-state index contributed by atoms with van der Waals surface area (Å²) in [4.78, 5) is 2.42. The highest BCUT2D eigenvalue weighted by Gasteiger charge is 2.20. The molecule has 2 nitrogen and oxygen atoms in total. The van der Waals surface area contributed by atoms with Crippen LogP contribution in [0.1, 0.15) is 0 Å². The standard InChI is InChI=1S/C44H27NOS/c1-2-11-33-28(9-1)10-7-14-34(33)29-19-23-31(24-20-29)45(39-16-8-15-36-35-12-4-6-18-42(35)47-44(36)39)32-25-21-30-22-26-41-43(38(30)27-32)37-13-3-5-17-40(37)46-41/h1-27H. The fraction of sp³-hybridized carbons (Fsp3) is 0. The molecule has 0 aliphatic heterocycles. The van der Waals surface area contributed by atoms with Gasteiger partial charge < -0.3 is 9.32 Å². The van der Waals surface area contributed by atoms with E-state index in [1.165, 1.54) is 58.5 Å². The molecular weight excluding hydrogens is 591 g/mol. The first kappa shape index (κ1) is 26.3. The van der Waals surface area contributed by atoms with Crippen LogP contribution in [0.4, 0.5) is 17.1 Å². The van der Waals surface area contributed by atoms with Crippen LogP contribution in [0.2, 0.25) is 0 Å². The maximum atomic E-state index is 6.30. The highest BCUT2D eigenvalue weighted by Crippen LogP contribution is 2.46. The minimum absolute atomic E-state index is 0.911. The second-order valence-electron chi connectivity index (χ2n) is 12.1. The zero-order valence-corrected chi connectivity index (χ0v) is 26.2. The van der Waals surface area contributed by atoms with Gasteiger partial charge in [-0.05, 0) is 81.2 Å². The van der Waals surface area contributed by atoms with Crippen molar-refractivity contribution < 1.29 is 4.42 Å². The number of rotatable bonds is 4. The number of hydrogen-bond donors (Lipinski definition) is 0. The van der Waals surface area contributed by atoms with E-state index < -0.39 is 0 Å². The van der Waals surface area contributed by atoms with E-state index in [0.717, 1.165) is 33.3 Å². The van der Waals surface area contributed by atoms with E-state index in [9.17, 15) is 0 Å². The van der Waals surface area contributed by atoms with E-state index in [0.29, 0.717) is 0 Å². The predicted octanol–water partition coefficient (Wildman–Crippen LogP) is 13.4. The lowest BCUT2D eigenvalue weighted by molar-refractivity contribution is 0.669. The van der Waals surface area contributed by atoms with Crippen LogP contribution in [0.5, 0.6) is 0 Å². The Morgan fingerprint density at radius 1 is 0.447 bits per heavy atom. The lowest BCUT2D eigenvalue weighted by Gasteiger charge is -2.27. The molecule has 47 heavy (non-hydrogen) atoms. The molecule has 0 N–H and O–H groups in total. The van der Waals surface area contributed by atoms with Gasteiger partial charge in [-0.2, -0.15) is 0 Å². The van der Waals surface area contributed by atoms with Gasteiger partial charge in [0.05, 0.1) is 10.4 Å². The molecule has 0 radical (unpaired) electrons. The maximum absolute atomic E-state index is 6.30. The second-order valence-corrected chi connectivity index (χ2v) is 13.2. The van der Waals surface area contributed by atoms with Crippen LogP contribution >= 0.6 is 11.3 Å². The first-order valence-corrected chi connectivity index (χ1v) is 16.7. The zero-order chi connectivity index (χ0) is 30.9. The van der Waals surface area contributed by atoms with Crippen molar-refractivity contribution in [3.05, 3.63) is 164 Å². The van der Waals surface area contributed by atoms with E-state index in [1.54, 1.807) is 0 Å². The minimum atomic E-state index is 0.911. The smallest absolute Gasteiger partial charge is 0.136 e. The number of nitrogens with zero attached hydrogens (tertiary/aromatic N) is 1. The van der Waals surface area contributed by atoms with Gasteiger partial charge in [0.2, 0.25) is 0 Å². The zero-order valence-electron chi connectivity index (χ0n) is 25.4. The lowest BCUT2D eigenvalue weighted by atomic mass is 9.98. The van der Waals surface area contributed by atoms with Crippen molar-refractivity contribution in [1.82, 2.24) is 0 Å². The molecule has 220 valence electrons. The Hall–Kier alpha value is -5.90. The summed E-state index contributed by atoms with van der Waals surface area (Å²) in [6, 6.07) is 59.1. The Bertz CT molecular complexity index is 2800. The third kappa shape index (κ3) is 4.10. The lowest BCUT2D eigenvalue weighted by Crippen LogP contribution is -2.10. The summed E-state index contributed by atoms with van der Waals surface area (Å²) in [6.45, 7) is 0. The van der Waals surface area contributed by atoms with Crippen molar-refractivity contribution in [2.45, 2.75) is 0 Å². The Kier molecular flexibility index (Phi) is 5.78. The minimum Gasteiger partial charge on any atom is -0.456 e. The molecule has 0 unspecified atom stereocenters. The normalized spacial score (nSPS) is 11.8. The fourth-order valence-corrected chi connectivity index (χ4v) is 8.48. The average molecular weight is 618 g/mol. The van der Waals surface area contributed by atoms with Gasteiger partial charge in [-0.1, -0.05) is 115 Å². The summed E-state index contributed by atoms with van der Waals surface area (Å²) in [6.07, 6.45) is 0. The molecule has 0 aliphatic rings. The van der Waals surface area contributed by atoms with Crippen LogP contribution in [0.15, 0.2) is 168 Å². The molecular formula is C44H27NOS. The van der Waals surface area contributed by atoms with Crippen LogP contribution in [-0.2, 0) is 0 Å². The molecule has 2 heterocycles. The second kappa shape index (κ2) is 10.3. The topological polar surface area (TPSA) is 16.4 Å². The van der Waals surface area contributed by atoms with Gasteiger partial charge in [0.25, 0.3) is 0 Å². The molecule has 0 bridgehead atoms. The highest BCUT2D eigenvalue weighted by molar-refractivity contribution is 7.26. The van der Waals surface area contributed by atoms with E-state index in [4.69, 9.17) is 4.42 Å². The Morgan fingerprint density at radius 3 is 2.04 bits per heavy atom. The molecule has 0 aliphatic carbocycles. The van der Waals surface area contributed by atoms with E-state index in [1.807, 2.05) is 17.4 Å². The average Bonchev–Trinajstić information content (AvgIpc) is 3.71. The molecule has 0 saturated heterocycles. The van der Waals surface area contributed by atoms with E-state index in [2.05, 4.69) is 163 Å². The SMILES string of the molecule is c1ccc2c(-c3ccc(N(c4ccc5ccc6oc7ccccc7c6c5c4)c4cccc5c4sc4ccccc45)cc3)cccc2c1. The van der Waals surface area contributed by atoms with Gasteiger partial charge in [0.15, 0.2) is 0 Å². The number of fused-ring (bicyclic) bond motifs is 9. The molecule has 0 saturated carbocycles. The Labute approximate surface area is 275 Å². The van der Waals surface area contributed by atoms with Crippen molar-refractivity contribution >= 4 is 92.1 Å². The third-order valence-corrected chi connectivity index (χ3v) is 10.7. The summed E-state index contributed by atoms with van der Waals surface area (Å²) < 4.78 is 8.87. The maximum Gasteiger partial charge on any atom is 0.136 e. The number of anilines is 3. The number of benzene rings is 8. The van der Waals surface area contributed by atoms with Gasteiger partial charge in [-0.15, -0.1) is 11.3 Å². The van der Waals surface area contributed by atoms with Gasteiger partial charge in [0, 0.05) is 37.6 Å². The Balaban J connectivity index is 1.22. The first-order valence-electron chi connectivity index (χ1n) is 15.9. The summed E-state index contributed by atoms with van der Waals surface area (Å²) in [5.41, 5.74) is 7.67. The molecule has 0 fully saturated rings. The van der Waals surface area contributed by atoms with Crippen LogP contribution in [0.3, 0.4) is 0 Å². The quantitative estimate of drug-likeness (QED) is 0.195. The molecule has 0 atom stereocenters. The van der Waals surface area contributed by atoms with Crippen molar-refractivity contribution in [2.75, 3.05) is 4.90 Å². The number of thiophene rings is 1. The van der Waals surface area contributed by atoms with Crippen LogP contribution in [-0.4, -0.2) is 0 Å². The van der Waals surface area contributed by atoms with Crippen molar-refractivity contribution in [2.24, 2.45) is 0 Å². The molecule has 0 amide bonds. The molecule has 2 aromatic heterocycles. The van der Waals surface area contributed by atoms with Crippen LogP contribution < -0.4 is 4.90 Å². The summed E-state index contributed by atoms with van der Waals surface area (Å²) in [5, 5.41) is 9.77. The van der Waals surface area contributed by atoms with Crippen molar-refractivity contribution in [3.63, 3.8) is 0 Å². The summed E-state index contributed by atoms with van der Waals surface area (Å²) >= 11 is 1.86. The van der Waals surface area contributed by atoms with E-state index >= 15 is 0 Å². The molecule has 8 aromatic carbocycles. The third-order valence-electron chi connectivity index (χ3n) is 9.45. The predicted molar refractivity (Wildman–Crippen MR) is 202 cm³/mol. The van der Waals surface area contributed by atoms with Gasteiger partial charge in [-0.25, -0.2) is 0 Å². The van der Waals surface area contributed by atoms with Crippen molar-refractivity contribution in [3.8, 4) is 11.1 Å². The van der Waals surface area contributed by atoms with Gasteiger partial charge >= 0.3 is 0 Å².